The fraction of sp³-hybridized carbons (Fsp3) is 0.733. The molecule has 1 atom stereocenters. The van der Waals surface area contributed by atoms with E-state index in [1.54, 1.807) is 19.5 Å². The smallest absolute Gasteiger partial charge is 0.237 e. The number of nitrogens with two attached hydrogens (primary N) is 1. The first-order chi connectivity index (χ1) is 10.3. The number of hydrogen-bond donors (Lipinski definition) is 2. The summed E-state index contributed by atoms with van der Waals surface area (Å²) in [5, 5.41) is 0. The summed E-state index contributed by atoms with van der Waals surface area (Å²) in [7, 11) is 1.64. The van der Waals surface area contributed by atoms with E-state index in [9.17, 15) is 0 Å². The predicted molar refractivity (Wildman–Crippen MR) is 80.7 cm³/mol. The van der Waals surface area contributed by atoms with Crippen LogP contribution in [0.3, 0.4) is 0 Å². The third kappa shape index (κ3) is 2.52. The van der Waals surface area contributed by atoms with Gasteiger partial charge in [-0.05, 0) is 38.8 Å². The van der Waals surface area contributed by atoms with Crippen LogP contribution in [0.1, 0.15) is 50.3 Å². The SMILES string of the molecule is COc1nccnc1C(NN)C1(N2CCCC2)CCCC1. The molecule has 3 N–H and O–H groups in total. The first-order valence-corrected chi connectivity index (χ1v) is 7.88. The molecule has 0 spiro atoms. The van der Waals surface area contributed by atoms with Crippen molar-refractivity contribution in [3.05, 3.63) is 18.1 Å². The van der Waals surface area contributed by atoms with Crippen LogP contribution >= 0.6 is 0 Å². The topological polar surface area (TPSA) is 76.3 Å². The van der Waals surface area contributed by atoms with E-state index in [4.69, 9.17) is 10.6 Å². The molecule has 0 bridgehead atoms. The Bertz CT molecular complexity index is 469. The summed E-state index contributed by atoms with van der Waals surface area (Å²) in [5.74, 6) is 6.54. The number of nitrogens with zero attached hydrogens (tertiary/aromatic N) is 3. The van der Waals surface area contributed by atoms with Gasteiger partial charge in [0, 0.05) is 17.9 Å². The minimum absolute atomic E-state index is 0.0400. The summed E-state index contributed by atoms with van der Waals surface area (Å²) in [5.41, 5.74) is 3.91. The van der Waals surface area contributed by atoms with E-state index >= 15 is 0 Å². The second-order valence-electron chi connectivity index (χ2n) is 6.06. The first-order valence-electron chi connectivity index (χ1n) is 7.88. The molecule has 1 aliphatic heterocycles. The molecule has 1 unspecified atom stereocenters. The highest BCUT2D eigenvalue weighted by molar-refractivity contribution is 5.26. The van der Waals surface area contributed by atoms with Crippen molar-refractivity contribution in [1.82, 2.24) is 20.3 Å². The average Bonchev–Trinajstić information content (AvgIpc) is 3.20. The molecule has 6 heteroatoms. The number of ether oxygens (including phenoxy) is 1. The Labute approximate surface area is 126 Å². The Morgan fingerprint density at radius 1 is 1.19 bits per heavy atom. The Morgan fingerprint density at radius 2 is 1.86 bits per heavy atom. The average molecular weight is 291 g/mol. The van der Waals surface area contributed by atoms with Crippen molar-refractivity contribution in [3.8, 4) is 5.88 Å². The Balaban J connectivity index is 1.99. The zero-order valence-corrected chi connectivity index (χ0v) is 12.7. The summed E-state index contributed by atoms with van der Waals surface area (Å²) in [6.07, 6.45) is 10.7. The zero-order valence-electron chi connectivity index (χ0n) is 12.7. The number of nitrogens with one attached hydrogen (secondary N) is 1. The lowest BCUT2D eigenvalue weighted by atomic mass is 9.84. The lowest BCUT2D eigenvalue weighted by molar-refractivity contribution is 0.0732. The molecule has 0 radical (unpaired) electrons. The molecule has 0 amide bonds. The Kier molecular flexibility index (Phi) is 4.37. The fourth-order valence-corrected chi connectivity index (χ4v) is 4.12. The van der Waals surface area contributed by atoms with Crippen LogP contribution in [0.2, 0.25) is 0 Å². The number of rotatable bonds is 5. The van der Waals surface area contributed by atoms with Crippen molar-refractivity contribution in [1.29, 1.82) is 0 Å². The quantitative estimate of drug-likeness (QED) is 0.631. The molecular weight excluding hydrogens is 266 g/mol. The van der Waals surface area contributed by atoms with Gasteiger partial charge in [-0.25, -0.2) is 10.4 Å². The fourth-order valence-electron chi connectivity index (χ4n) is 4.12. The van der Waals surface area contributed by atoms with E-state index in [1.807, 2.05) is 0 Å². The summed E-state index contributed by atoms with van der Waals surface area (Å²) in [6, 6.07) is -0.0400. The van der Waals surface area contributed by atoms with E-state index in [-0.39, 0.29) is 11.6 Å². The van der Waals surface area contributed by atoms with Gasteiger partial charge in [0.25, 0.3) is 0 Å². The van der Waals surface area contributed by atoms with Crippen LogP contribution in [0.15, 0.2) is 12.4 Å². The maximum Gasteiger partial charge on any atom is 0.237 e. The van der Waals surface area contributed by atoms with Crippen LogP contribution in [-0.2, 0) is 0 Å². The van der Waals surface area contributed by atoms with Crippen molar-refractivity contribution in [3.63, 3.8) is 0 Å². The molecule has 2 fully saturated rings. The number of likely N-dealkylation sites (tertiary alicyclic amines) is 1. The second-order valence-corrected chi connectivity index (χ2v) is 6.06. The largest absolute Gasteiger partial charge is 0.480 e. The third-order valence-electron chi connectivity index (χ3n) is 5.07. The van der Waals surface area contributed by atoms with Gasteiger partial charge in [-0.15, -0.1) is 0 Å². The number of aromatic nitrogens is 2. The zero-order chi connectivity index (χ0) is 14.7. The molecule has 3 rings (SSSR count). The van der Waals surface area contributed by atoms with Crippen LogP contribution in [0, 0.1) is 0 Å². The van der Waals surface area contributed by atoms with Gasteiger partial charge in [0.15, 0.2) is 0 Å². The Morgan fingerprint density at radius 3 is 2.48 bits per heavy atom. The maximum absolute atomic E-state index is 5.96. The summed E-state index contributed by atoms with van der Waals surface area (Å²) in [4.78, 5) is 11.4. The van der Waals surface area contributed by atoms with E-state index in [2.05, 4.69) is 20.3 Å². The molecule has 1 aliphatic carbocycles. The molecular formula is C15H25N5O. The molecule has 116 valence electrons. The van der Waals surface area contributed by atoms with Crippen LogP contribution in [0.25, 0.3) is 0 Å². The summed E-state index contributed by atoms with van der Waals surface area (Å²) in [6.45, 7) is 2.31. The molecule has 1 aromatic heterocycles. The van der Waals surface area contributed by atoms with Crippen LogP contribution in [0.4, 0.5) is 0 Å². The number of hydrogen-bond acceptors (Lipinski definition) is 6. The number of methoxy groups -OCH3 is 1. The van der Waals surface area contributed by atoms with Gasteiger partial charge in [0.1, 0.15) is 5.69 Å². The van der Waals surface area contributed by atoms with Crippen molar-refractivity contribution in [2.24, 2.45) is 5.84 Å². The van der Waals surface area contributed by atoms with Crippen molar-refractivity contribution in [2.45, 2.75) is 50.1 Å². The van der Waals surface area contributed by atoms with E-state index in [0.29, 0.717) is 5.88 Å². The second kappa shape index (κ2) is 6.25. The lowest BCUT2D eigenvalue weighted by Gasteiger charge is -2.44. The molecule has 1 saturated heterocycles. The molecule has 2 heterocycles. The lowest BCUT2D eigenvalue weighted by Crippen LogP contribution is -2.55. The first kappa shape index (κ1) is 14.7. The van der Waals surface area contributed by atoms with Gasteiger partial charge >= 0.3 is 0 Å². The van der Waals surface area contributed by atoms with Gasteiger partial charge < -0.3 is 4.74 Å². The standard InChI is InChI=1S/C15H25N5O/c1-21-14-12(17-8-9-18-14)13(19-16)15(6-2-3-7-15)20-10-4-5-11-20/h8-9,13,19H,2-7,10-11,16H2,1H3. The monoisotopic (exact) mass is 291 g/mol. The van der Waals surface area contributed by atoms with Gasteiger partial charge in [-0.2, -0.15) is 0 Å². The molecule has 1 aromatic rings. The molecule has 1 saturated carbocycles. The summed E-state index contributed by atoms with van der Waals surface area (Å²) < 4.78 is 5.41. The maximum atomic E-state index is 5.96. The van der Waals surface area contributed by atoms with Gasteiger partial charge in [-0.1, -0.05) is 12.8 Å². The van der Waals surface area contributed by atoms with Crippen molar-refractivity contribution < 1.29 is 4.74 Å². The Hall–Kier alpha value is -1.24. The third-order valence-corrected chi connectivity index (χ3v) is 5.07. The molecule has 6 nitrogen and oxygen atoms in total. The van der Waals surface area contributed by atoms with Crippen molar-refractivity contribution >= 4 is 0 Å². The van der Waals surface area contributed by atoms with Crippen LogP contribution < -0.4 is 16.0 Å². The summed E-state index contributed by atoms with van der Waals surface area (Å²) >= 11 is 0. The molecule has 2 aliphatic rings. The highest BCUT2D eigenvalue weighted by Crippen LogP contribution is 2.46. The highest BCUT2D eigenvalue weighted by atomic mass is 16.5. The van der Waals surface area contributed by atoms with E-state index < -0.39 is 0 Å². The van der Waals surface area contributed by atoms with Gasteiger partial charge in [0.05, 0.1) is 13.2 Å². The van der Waals surface area contributed by atoms with Crippen molar-refractivity contribution in [2.75, 3.05) is 20.2 Å². The van der Waals surface area contributed by atoms with E-state index in [1.165, 1.54) is 25.7 Å². The molecule has 21 heavy (non-hydrogen) atoms. The normalized spacial score (nSPS) is 23.3. The van der Waals surface area contributed by atoms with Gasteiger partial charge in [-0.3, -0.25) is 15.7 Å². The van der Waals surface area contributed by atoms with E-state index in [0.717, 1.165) is 31.6 Å². The molecule has 0 aromatic carbocycles. The van der Waals surface area contributed by atoms with Crippen LogP contribution in [0.5, 0.6) is 5.88 Å². The minimum atomic E-state index is -0.0400. The number of hydrazine groups is 1. The van der Waals surface area contributed by atoms with Crippen LogP contribution in [-0.4, -0.2) is 40.6 Å². The highest BCUT2D eigenvalue weighted by Gasteiger charge is 2.48. The minimum Gasteiger partial charge on any atom is -0.480 e. The predicted octanol–water partition coefficient (Wildman–Crippen LogP) is 1.40. The van der Waals surface area contributed by atoms with Gasteiger partial charge in [0.2, 0.25) is 5.88 Å².